The Bertz CT molecular complexity index is 712. The zero-order chi connectivity index (χ0) is 21.2. The molecule has 0 aliphatic rings. The topological polar surface area (TPSA) is 95.7 Å². The lowest BCUT2D eigenvalue weighted by atomic mass is 9.97. The molecule has 27 heavy (non-hydrogen) atoms. The third-order valence-electron chi connectivity index (χ3n) is 4.00. The summed E-state index contributed by atoms with van der Waals surface area (Å²) in [7, 11) is 0. The van der Waals surface area contributed by atoms with E-state index in [1.165, 1.54) is 4.90 Å². The highest BCUT2D eigenvalue weighted by atomic mass is 19.4. The number of anilines is 1. The van der Waals surface area contributed by atoms with Gasteiger partial charge in [0.15, 0.2) is 0 Å². The van der Waals surface area contributed by atoms with Crippen LogP contribution in [0.4, 0.5) is 29.3 Å². The molecule has 2 N–H and O–H groups in total. The van der Waals surface area contributed by atoms with Crippen LogP contribution in [0.1, 0.15) is 46.6 Å². The molecule has 152 valence electrons. The minimum absolute atomic E-state index is 0.0596. The van der Waals surface area contributed by atoms with E-state index in [9.17, 15) is 33.2 Å². The highest BCUT2D eigenvalue weighted by Crippen LogP contribution is 2.36. The average Bonchev–Trinajstić information content (AvgIpc) is 2.43. The molecule has 0 aliphatic carbocycles. The van der Waals surface area contributed by atoms with Gasteiger partial charge in [-0.3, -0.25) is 10.1 Å². The van der Waals surface area contributed by atoms with E-state index >= 15 is 0 Å². The number of nitro benzene ring substituents is 1. The van der Waals surface area contributed by atoms with Gasteiger partial charge in [-0.2, -0.15) is 13.2 Å². The summed E-state index contributed by atoms with van der Waals surface area (Å²) in [6, 6.07) is 2.27. The smallest absolute Gasteiger partial charge is 0.416 e. The van der Waals surface area contributed by atoms with Crippen LogP contribution in [0, 0.1) is 10.1 Å². The SMILES string of the molecule is CC(C)(CCN(C(=O)O)C(C)(C)C)Nc1ccc(C(F)(F)F)cc1[N+](=O)[O-]. The van der Waals surface area contributed by atoms with Crippen molar-refractivity contribution in [3.63, 3.8) is 0 Å². The molecule has 0 fully saturated rings. The number of alkyl halides is 3. The quantitative estimate of drug-likeness (QED) is 0.527. The fraction of sp³-hybridized carbons (Fsp3) is 0.588. The molecule has 1 aromatic carbocycles. The van der Waals surface area contributed by atoms with Gasteiger partial charge in [-0.05, 0) is 53.2 Å². The van der Waals surface area contributed by atoms with Crippen LogP contribution in [-0.4, -0.2) is 38.6 Å². The zero-order valence-corrected chi connectivity index (χ0v) is 15.8. The van der Waals surface area contributed by atoms with Crippen molar-refractivity contribution in [2.45, 2.75) is 58.3 Å². The number of halogens is 3. The van der Waals surface area contributed by atoms with E-state index in [1.807, 2.05) is 0 Å². The number of nitrogens with one attached hydrogen (secondary N) is 1. The summed E-state index contributed by atoms with van der Waals surface area (Å²) in [5.41, 5.74) is -3.30. The molecule has 1 rings (SSSR count). The highest BCUT2D eigenvalue weighted by molar-refractivity contribution is 5.66. The van der Waals surface area contributed by atoms with Crippen LogP contribution in [0.2, 0.25) is 0 Å². The number of hydrogen-bond donors (Lipinski definition) is 2. The number of carbonyl (C=O) groups is 1. The molecule has 0 radical (unpaired) electrons. The normalized spacial score (nSPS) is 12.6. The molecule has 0 aromatic heterocycles. The molecule has 0 saturated heterocycles. The van der Waals surface area contributed by atoms with Gasteiger partial charge in [0.25, 0.3) is 5.69 Å². The molecule has 10 heteroatoms. The second-order valence-electron chi connectivity index (χ2n) is 7.85. The van der Waals surface area contributed by atoms with Crippen LogP contribution in [0.15, 0.2) is 18.2 Å². The summed E-state index contributed by atoms with van der Waals surface area (Å²) >= 11 is 0. The largest absolute Gasteiger partial charge is 0.465 e. The zero-order valence-electron chi connectivity index (χ0n) is 15.8. The Morgan fingerprint density at radius 1 is 1.22 bits per heavy atom. The van der Waals surface area contributed by atoms with E-state index in [0.717, 1.165) is 12.1 Å². The minimum Gasteiger partial charge on any atom is -0.465 e. The number of carboxylic acid groups (broad SMARTS) is 1. The van der Waals surface area contributed by atoms with E-state index in [-0.39, 0.29) is 18.7 Å². The van der Waals surface area contributed by atoms with Gasteiger partial charge < -0.3 is 15.3 Å². The Kier molecular flexibility index (Phi) is 6.35. The first-order valence-electron chi connectivity index (χ1n) is 8.19. The van der Waals surface area contributed by atoms with Gasteiger partial charge in [-0.1, -0.05) is 0 Å². The van der Waals surface area contributed by atoms with Gasteiger partial charge in [0, 0.05) is 23.7 Å². The van der Waals surface area contributed by atoms with E-state index in [2.05, 4.69) is 5.32 Å². The van der Waals surface area contributed by atoms with E-state index < -0.39 is 39.5 Å². The third kappa shape index (κ3) is 6.30. The van der Waals surface area contributed by atoms with Crippen LogP contribution in [-0.2, 0) is 6.18 Å². The van der Waals surface area contributed by atoms with Crippen LogP contribution in [0.3, 0.4) is 0 Å². The third-order valence-corrected chi connectivity index (χ3v) is 4.00. The molecule has 0 bridgehead atoms. The van der Waals surface area contributed by atoms with E-state index in [1.54, 1.807) is 34.6 Å². The molecule has 0 atom stereocenters. The first-order chi connectivity index (χ1) is 12.0. The summed E-state index contributed by atoms with van der Waals surface area (Å²) in [6.45, 7) is 8.74. The maximum atomic E-state index is 12.8. The minimum atomic E-state index is -4.69. The Labute approximate surface area is 155 Å². The summed E-state index contributed by atoms with van der Waals surface area (Å²) in [5.74, 6) is 0. The lowest BCUT2D eigenvalue weighted by molar-refractivity contribution is -0.384. The molecule has 0 aliphatic heterocycles. The van der Waals surface area contributed by atoms with Gasteiger partial charge in [0.05, 0.1) is 10.5 Å². The second-order valence-corrected chi connectivity index (χ2v) is 7.85. The summed E-state index contributed by atoms with van der Waals surface area (Å²) < 4.78 is 38.4. The van der Waals surface area contributed by atoms with Crippen molar-refractivity contribution in [2.75, 3.05) is 11.9 Å². The van der Waals surface area contributed by atoms with E-state index in [0.29, 0.717) is 6.07 Å². The van der Waals surface area contributed by atoms with Gasteiger partial charge >= 0.3 is 12.3 Å². The fourth-order valence-electron chi connectivity index (χ4n) is 2.50. The summed E-state index contributed by atoms with van der Waals surface area (Å²) in [4.78, 5) is 22.9. The van der Waals surface area contributed by atoms with Crippen LogP contribution in [0.5, 0.6) is 0 Å². The molecule has 0 spiro atoms. The van der Waals surface area contributed by atoms with Crippen molar-refractivity contribution in [1.29, 1.82) is 0 Å². The Hall–Kier alpha value is -2.52. The predicted molar refractivity (Wildman–Crippen MR) is 94.9 cm³/mol. The van der Waals surface area contributed by atoms with Gasteiger partial charge in [-0.15, -0.1) is 0 Å². The number of nitrogens with zero attached hydrogens (tertiary/aromatic N) is 2. The van der Waals surface area contributed by atoms with Crippen molar-refractivity contribution in [2.24, 2.45) is 0 Å². The molecular weight excluding hydrogens is 367 g/mol. The van der Waals surface area contributed by atoms with Crippen LogP contribution >= 0.6 is 0 Å². The van der Waals surface area contributed by atoms with Crippen molar-refractivity contribution < 1.29 is 28.0 Å². The van der Waals surface area contributed by atoms with Crippen molar-refractivity contribution >= 4 is 17.5 Å². The van der Waals surface area contributed by atoms with Gasteiger partial charge in [0.1, 0.15) is 5.69 Å². The standard InChI is InChI=1S/C17H24F3N3O4/c1-15(2,3)22(14(24)25)9-8-16(4,5)21-12-7-6-11(17(18,19)20)10-13(12)23(26)27/h6-7,10,21H,8-9H2,1-5H3,(H,24,25). The predicted octanol–water partition coefficient (Wildman–Crippen LogP) is 4.97. The number of amides is 1. The average molecular weight is 391 g/mol. The number of rotatable bonds is 6. The fourth-order valence-corrected chi connectivity index (χ4v) is 2.50. The first-order valence-corrected chi connectivity index (χ1v) is 8.19. The van der Waals surface area contributed by atoms with Crippen LogP contribution in [0.25, 0.3) is 0 Å². The molecule has 0 saturated carbocycles. The summed E-state index contributed by atoms with van der Waals surface area (Å²) in [5, 5.41) is 23.4. The number of hydrogen-bond acceptors (Lipinski definition) is 4. The Morgan fingerprint density at radius 2 is 1.78 bits per heavy atom. The Balaban J connectivity index is 3.05. The highest BCUT2D eigenvalue weighted by Gasteiger charge is 2.34. The van der Waals surface area contributed by atoms with Crippen molar-refractivity contribution in [3.8, 4) is 0 Å². The first kappa shape index (κ1) is 22.5. The van der Waals surface area contributed by atoms with Gasteiger partial charge in [0.2, 0.25) is 0 Å². The molecule has 0 heterocycles. The molecule has 7 nitrogen and oxygen atoms in total. The van der Waals surface area contributed by atoms with Crippen LogP contribution < -0.4 is 5.32 Å². The lowest BCUT2D eigenvalue weighted by Gasteiger charge is -2.36. The maximum Gasteiger partial charge on any atom is 0.416 e. The lowest BCUT2D eigenvalue weighted by Crippen LogP contribution is -2.47. The molecular formula is C17H24F3N3O4. The molecule has 1 amide bonds. The second kappa shape index (κ2) is 7.61. The van der Waals surface area contributed by atoms with Gasteiger partial charge in [-0.25, -0.2) is 4.79 Å². The van der Waals surface area contributed by atoms with E-state index in [4.69, 9.17) is 0 Å². The summed E-state index contributed by atoms with van der Waals surface area (Å²) in [6.07, 6.45) is -5.50. The maximum absolute atomic E-state index is 12.8. The molecule has 0 unspecified atom stereocenters. The monoisotopic (exact) mass is 391 g/mol. The van der Waals surface area contributed by atoms with Crippen molar-refractivity contribution in [3.05, 3.63) is 33.9 Å². The van der Waals surface area contributed by atoms with Crippen molar-refractivity contribution in [1.82, 2.24) is 4.90 Å². The molecule has 1 aromatic rings. The number of benzene rings is 1. The number of nitro groups is 1. The Morgan fingerprint density at radius 3 is 2.19 bits per heavy atom.